The number of fused-ring (bicyclic) bond motifs is 1. The average Bonchev–Trinajstić information content (AvgIpc) is 2.86. The third-order valence-electron chi connectivity index (χ3n) is 3.66. The molecule has 0 radical (unpaired) electrons. The summed E-state index contributed by atoms with van der Waals surface area (Å²) in [7, 11) is 0. The molecule has 0 aromatic carbocycles. The summed E-state index contributed by atoms with van der Waals surface area (Å²) in [6.45, 7) is 5.79. The predicted molar refractivity (Wildman–Crippen MR) is 87.6 cm³/mol. The van der Waals surface area contributed by atoms with Crippen molar-refractivity contribution in [2.75, 3.05) is 6.61 Å². The van der Waals surface area contributed by atoms with Crippen molar-refractivity contribution in [1.82, 2.24) is 20.3 Å². The second kappa shape index (κ2) is 6.66. The standard InChI is InChI=1S/C17H18N4O3/c1-10-11(2)24-17-15(10)16(20-12(3)21-17)23-9-14(22)19-8-13-5-4-6-18-7-13/h4-7H,8-9H2,1-3H3,(H,19,22). The Hall–Kier alpha value is -2.96. The third-order valence-corrected chi connectivity index (χ3v) is 3.66. The van der Waals surface area contributed by atoms with E-state index >= 15 is 0 Å². The molecule has 0 spiro atoms. The first-order valence-electron chi connectivity index (χ1n) is 7.57. The van der Waals surface area contributed by atoms with Crippen LogP contribution in [0, 0.1) is 20.8 Å². The summed E-state index contributed by atoms with van der Waals surface area (Å²) in [5, 5.41) is 3.49. The Balaban J connectivity index is 1.68. The first kappa shape index (κ1) is 15.9. The minimum Gasteiger partial charge on any atom is -0.467 e. The molecule has 0 fully saturated rings. The van der Waals surface area contributed by atoms with Crippen LogP contribution in [0.3, 0.4) is 0 Å². The van der Waals surface area contributed by atoms with Crippen molar-refractivity contribution in [3.63, 3.8) is 0 Å². The first-order chi connectivity index (χ1) is 11.5. The molecule has 24 heavy (non-hydrogen) atoms. The van der Waals surface area contributed by atoms with Gasteiger partial charge in [-0.3, -0.25) is 9.78 Å². The van der Waals surface area contributed by atoms with E-state index < -0.39 is 0 Å². The summed E-state index contributed by atoms with van der Waals surface area (Å²) in [6.07, 6.45) is 3.39. The van der Waals surface area contributed by atoms with Gasteiger partial charge in [-0.05, 0) is 32.4 Å². The number of amides is 1. The quantitative estimate of drug-likeness (QED) is 0.773. The molecule has 3 heterocycles. The minimum absolute atomic E-state index is 0.129. The lowest BCUT2D eigenvalue weighted by molar-refractivity contribution is -0.123. The van der Waals surface area contributed by atoms with E-state index in [2.05, 4.69) is 20.3 Å². The van der Waals surface area contributed by atoms with Gasteiger partial charge < -0.3 is 14.5 Å². The maximum atomic E-state index is 12.0. The van der Waals surface area contributed by atoms with E-state index in [-0.39, 0.29) is 12.5 Å². The highest BCUT2D eigenvalue weighted by Crippen LogP contribution is 2.30. The fourth-order valence-corrected chi connectivity index (χ4v) is 2.31. The summed E-state index contributed by atoms with van der Waals surface area (Å²) in [6, 6.07) is 3.71. The van der Waals surface area contributed by atoms with Gasteiger partial charge in [-0.15, -0.1) is 0 Å². The van der Waals surface area contributed by atoms with Gasteiger partial charge in [0.15, 0.2) is 6.61 Å². The third kappa shape index (κ3) is 3.34. The number of rotatable bonds is 5. The molecular formula is C17H18N4O3. The van der Waals surface area contributed by atoms with Crippen LogP contribution in [0.1, 0.15) is 22.7 Å². The van der Waals surface area contributed by atoms with Crippen molar-refractivity contribution in [1.29, 1.82) is 0 Å². The van der Waals surface area contributed by atoms with Crippen LogP contribution in [0.15, 0.2) is 28.9 Å². The minimum atomic E-state index is -0.235. The summed E-state index contributed by atoms with van der Waals surface area (Å²) in [4.78, 5) is 24.5. The normalized spacial score (nSPS) is 10.8. The molecule has 3 aromatic heterocycles. The van der Waals surface area contributed by atoms with Crippen LogP contribution in [0.4, 0.5) is 0 Å². The molecule has 7 heteroatoms. The van der Waals surface area contributed by atoms with Gasteiger partial charge in [0.25, 0.3) is 5.91 Å². The summed E-state index contributed by atoms with van der Waals surface area (Å²) in [5.74, 6) is 1.42. The van der Waals surface area contributed by atoms with Gasteiger partial charge in [-0.1, -0.05) is 6.07 Å². The second-order valence-electron chi connectivity index (χ2n) is 5.47. The van der Waals surface area contributed by atoms with E-state index in [1.165, 1.54) is 0 Å². The second-order valence-corrected chi connectivity index (χ2v) is 5.47. The summed E-state index contributed by atoms with van der Waals surface area (Å²) >= 11 is 0. The number of hydrogen-bond acceptors (Lipinski definition) is 6. The van der Waals surface area contributed by atoms with Crippen LogP contribution in [0.2, 0.25) is 0 Å². The van der Waals surface area contributed by atoms with E-state index in [1.54, 1.807) is 19.3 Å². The van der Waals surface area contributed by atoms with E-state index in [9.17, 15) is 4.79 Å². The maximum Gasteiger partial charge on any atom is 0.258 e. The van der Waals surface area contributed by atoms with E-state index in [0.29, 0.717) is 29.3 Å². The van der Waals surface area contributed by atoms with Gasteiger partial charge >= 0.3 is 0 Å². The van der Waals surface area contributed by atoms with Crippen LogP contribution in [0.25, 0.3) is 11.1 Å². The van der Waals surface area contributed by atoms with Crippen molar-refractivity contribution in [3.8, 4) is 5.88 Å². The van der Waals surface area contributed by atoms with Gasteiger partial charge in [0.2, 0.25) is 11.6 Å². The van der Waals surface area contributed by atoms with Crippen LogP contribution < -0.4 is 10.1 Å². The van der Waals surface area contributed by atoms with Gasteiger partial charge in [0, 0.05) is 24.5 Å². The highest BCUT2D eigenvalue weighted by Gasteiger charge is 2.17. The largest absolute Gasteiger partial charge is 0.467 e. The maximum absolute atomic E-state index is 12.0. The molecule has 1 amide bonds. The van der Waals surface area contributed by atoms with Gasteiger partial charge in [0.05, 0.1) is 0 Å². The number of carbonyl (C=O) groups excluding carboxylic acids is 1. The van der Waals surface area contributed by atoms with E-state index in [1.807, 2.05) is 26.0 Å². The highest BCUT2D eigenvalue weighted by atomic mass is 16.5. The number of pyridine rings is 1. The first-order valence-corrected chi connectivity index (χ1v) is 7.57. The van der Waals surface area contributed by atoms with Crippen LogP contribution in [0.5, 0.6) is 5.88 Å². The van der Waals surface area contributed by atoms with E-state index in [4.69, 9.17) is 9.15 Å². The molecule has 0 bridgehead atoms. The van der Waals surface area contributed by atoms with Gasteiger partial charge in [0.1, 0.15) is 17.0 Å². The average molecular weight is 326 g/mol. The molecule has 7 nitrogen and oxygen atoms in total. The molecule has 0 aliphatic carbocycles. The topological polar surface area (TPSA) is 90.1 Å². The molecule has 0 atom stereocenters. The Bertz CT molecular complexity index is 874. The number of furan rings is 1. The molecule has 0 saturated carbocycles. The van der Waals surface area contributed by atoms with Crippen LogP contribution in [-0.4, -0.2) is 27.5 Å². The van der Waals surface area contributed by atoms with Crippen molar-refractivity contribution in [3.05, 3.63) is 47.2 Å². The zero-order valence-corrected chi connectivity index (χ0v) is 13.8. The molecule has 3 rings (SSSR count). The smallest absolute Gasteiger partial charge is 0.258 e. The van der Waals surface area contributed by atoms with Crippen LogP contribution >= 0.6 is 0 Å². The number of ether oxygens (including phenoxy) is 1. The number of hydrogen-bond donors (Lipinski definition) is 1. The van der Waals surface area contributed by atoms with Crippen molar-refractivity contribution in [2.45, 2.75) is 27.3 Å². The Labute approximate surface area is 139 Å². The van der Waals surface area contributed by atoms with Crippen LogP contribution in [-0.2, 0) is 11.3 Å². The fraction of sp³-hybridized carbons (Fsp3) is 0.294. The predicted octanol–water partition coefficient (Wildman–Crippen LogP) is 2.24. The summed E-state index contributed by atoms with van der Waals surface area (Å²) < 4.78 is 11.2. The fourth-order valence-electron chi connectivity index (χ4n) is 2.31. The van der Waals surface area contributed by atoms with Crippen molar-refractivity contribution >= 4 is 17.0 Å². The SMILES string of the molecule is Cc1nc(OCC(=O)NCc2cccnc2)c2c(C)c(C)oc2n1. The highest BCUT2D eigenvalue weighted by molar-refractivity contribution is 5.84. The number of nitrogens with zero attached hydrogens (tertiary/aromatic N) is 3. The number of aryl methyl sites for hydroxylation is 3. The number of aromatic nitrogens is 3. The molecule has 0 aliphatic heterocycles. The Kier molecular flexibility index (Phi) is 4.41. The molecule has 0 unspecified atom stereocenters. The lowest BCUT2D eigenvalue weighted by atomic mass is 10.2. The molecular weight excluding hydrogens is 308 g/mol. The Morgan fingerprint density at radius 2 is 2.12 bits per heavy atom. The van der Waals surface area contributed by atoms with E-state index in [0.717, 1.165) is 16.9 Å². The zero-order chi connectivity index (χ0) is 17.1. The Morgan fingerprint density at radius 1 is 1.29 bits per heavy atom. The lowest BCUT2D eigenvalue weighted by Gasteiger charge is -2.08. The summed E-state index contributed by atoms with van der Waals surface area (Å²) in [5.41, 5.74) is 2.31. The number of nitrogens with one attached hydrogen (secondary N) is 1. The number of carbonyl (C=O) groups is 1. The van der Waals surface area contributed by atoms with Gasteiger partial charge in [-0.25, -0.2) is 0 Å². The molecule has 3 aromatic rings. The monoisotopic (exact) mass is 326 g/mol. The Morgan fingerprint density at radius 3 is 2.88 bits per heavy atom. The zero-order valence-electron chi connectivity index (χ0n) is 13.8. The van der Waals surface area contributed by atoms with Gasteiger partial charge in [-0.2, -0.15) is 9.97 Å². The van der Waals surface area contributed by atoms with Crippen molar-refractivity contribution < 1.29 is 13.9 Å². The molecule has 0 aliphatic rings. The molecule has 1 N–H and O–H groups in total. The molecule has 124 valence electrons. The van der Waals surface area contributed by atoms with Crippen molar-refractivity contribution in [2.24, 2.45) is 0 Å². The molecule has 0 saturated heterocycles. The lowest BCUT2D eigenvalue weighted by Crippen LogP contribution is -2.28.